The van der Waals surface area contributed by atoms with Crippen molar-refractivity contribution in [3.8, 4) is 5.75 Å². The molecule has 1 heterocycles. The number of thioether (sulfide) groups is 1. The SMILES string of the molecule is c1ccc(COC[C@H]2S[C@@H](c3cccc(Cc4ccc(OC5CCCC5)cc4)c3)C[C@@H](OCc3ccccc3)[C@@H]2OCc2ccccc2)cc1. The topological polar surface area (TPSA) is 36.9 Å². The van der Waals surface area contributed by atoms with E-state index in [1.54, 1.807) is 0 Å². The van der Waals surface area contributed by atoms with Crippen molar-refractivity contribution < 1.29 is 18.9 Å². The van der Waals surface area contributed by atoms with E-state index in [9.17, 15) is 0 Å². The summed E-state index contributed by atoms with van der Waals surface area (Å²) in [6, 6.07) is 49.1. The van der Waals surface area contributed by atoms with Crippen LogP contribution >= 0.6 is 11.8 Å². The lowest BCUT2D eigenvalue weighted by atomic mass is 9.96. The van der Waals surface area contributed by atoms with Crippen molar-refractivity contribution in [2.75, 3.05) is 6.61 Å². The Bertz CT molecular complexity index is 1710. The van der Waals surface area contributed by atoms with Gasteiger partial charge < -0.3 is 18.9 Å². The summed E-state index contributed by atoms with van der Waals surface area (Å²) in [5.41, 5.74) is 7.45. The molecule has 1 saturated carbocycles. The van der Waals surface area contributed by atoms with Crippen molar-refractivity contribution in [3.05, 3.63) is 173 Å². The van der Waals surface area contributed by atoms with Gasteiger partial charge in [0, 0.05) is 5.25 Å². The van der Waals surface area contributed by atoms with E-state index in [2.05, 4.69) is 121 Å². The first-order chi connectivity index (χ1) is 24.7. The maximum absolute atomic E-state index is 6.80. The lowest BCUT2D eigenvalue weighted by Gasteiger charge is -2.41. The molecule has 2 aliphatic rings. The average Bonchev–Trinajstić information content (AvgIpc) is 3.69. The molecule has 1 aliphatic carbocycles. The Morgan fingerprint density at radius 1 is 0.560 bits per heavy atom. The van der Waals surface area contributed by atoms with Crippen LogP contribution in [-0.2, 0) is 40.5 Å². The molecular formula is C45H48O4S. The van der Waals surface area contributed by atoms with Crippen molar-refractivity contribution in [1.82, 2.24) is 0 Å². The Balaban J connectivity index is 1.09. The molecule has 1 aliphatic heterocycles. The van der Waals surface area contributed by atoms with E-state index in [1.165, 1.54) is 53.5 Å². The highest BCUT2D eigenvalue weighted by atomic mass is 32.2. The fourth-order valence-electron chi connectivity index (χ4n) is 7.09. The molecule has 50 heavy (non-hydrogen) atoms. The van der Waals surface area contributed by atoms with E-state index >= 15 is 0 Å². The second-order valence-electron chi connectivity index (χ2n) is 13.6. The first-order valence-corrected chi connectivity index (χ1v) is 19.1. The van der Waals surface area contributed by atoms with Crippen molar-refractivity contribution in [2.45, 2.75) is 87.2 Å². The summed E-state index contributed by atoms with van der Waals surface area (Å²) >= 11 is 1.97. The summed E-state index contributed by atoms with van der Waals surface area (Å²) in [5, 5.41) is 0.345. The van der Waals surface area contributed by atoms with E-state index in [0.29, 0.717) is 32.5 Å². The molecule has 1 saturated heterocycles. The second kappa shape index (κ2) is 17.9. The molecule has 0 spiro atoms. The molecule has 7 rings (SSSR count). The third-order valence-corrected chi connectivity index (χ3v) is 11.3. The summed E-state index contributed by atoms with van der Waals surface area (Å²) in [6.45, 7) is 2.24. The average molecular weight is 685 g/mol. The van der Waals surface area contributed by atoms with Crippen LogP contribution in [0.5, 0.6) is 5.75 Å². The fraction of sp³-hybridized carbons (Fsp3) is 0.333. The van der Waals surface area contributed by atoms with Gasteiger partial charge in [-0.05, 0) is 84.0 Å². The Labute approximate surface area is 302 Å². The molecular weight excluding hydrogens is 637 g/mol. The van der Waals surface area contributed by atoms with Gasteiger partial charge in [0.2, 0.25) is 0 Å². The van der Waals surface area contributed by atoms with Crippen LogP contribution in [0.2, 0.25) is 0 Å². The third-order valence-electron chi connectivity index (χ3n) is 9.76. The largest absolute Gasteiger partial charge is 0.490 e. The predicted octanol–water partition coefficient (Wildman–Crippen LogP) is 10.5. The smallest absolute Gasteiger partial charge is 0.119 e. The summed E-state index contributed by atoms with van der Waals surface area (Å²) in [4.78, 5) is 0. The van der Waals surface area contributed by atoms with Crippen LogP contribution in [-0.4, -0.2) is 30.2 Å². The number of hydrogen-bond donors (Lipinski definition) is 0. The van der Waals surface area contributed by atoms with E-state index in [0.717, 1.165) is 24.2 Å². The van der Waals surface area contributed by atoms with Crippen molar-refractivity contribution in [3.63, 3.8) is 0 Å². The number of rotatable bonds is 15. The maximum atomic E-state index is 6.80. The zero-order chi connectivity index (χ0) is 33.8. The predicted molar refractivity (Wildman–Crippen MR) is 203 cm³/mol. The first-order valence-electron chi connectivity index (χ1n) is 18.2. The quantitative estimate of drug-likeness (QED) is 0.110. The number of ether oxygens (including phenoxy) is 4. The zero-order valence-corrected chi connectivity index (χ0v) is 29.6. The Kier molecular flexibility index (Phi) is 12.4. The van der Waals surface area contributed by atoms with E-state index in [4.69, 9.17) is 18.9 Å². The summed E-state index contributed by atoms with van der Waals surface area (Å²) in [6.07, 6.45) is 6.82. The van der Waals surface area contributed by atoms with Crippen LogP contribution in [0, 0.1) is 0 Å². The lowest BCUT2D eigenvalue weighted by molar-refractivity contribution is -0.0996. The molecule has 0 amide bonds. The lowest BCUT2D eigenvalue weighted by Crippen LogP contribution is -2.46. The zero-order valence-electron chi connectivity index (χ0n) is 28.8. The first kappa shape index (κ1) is 34.6. The summed E-state index contributed by atoms with van der Waals surface area (Å²) in [7, 11) is 0. The Morgan fingerprint density at radius 2 is 1.16 bits per heavy atom. The van der Waals surface area contributed by atoms with Crippen LogP contribution < -0.4 is 4.74 Å². The van der Waals surface area contributed by atoms with Crippen LogP contribution in [0.4, 0.5) is 0 Å². The van der Waals surface area contributed by atoms with Gasteiger partial charge in [-0.1, -0.05) is 127 Å². The van der Waals surface area contributed by atoms with Crippen LogP contribution in [0.3, 0.4) is 0 Å². The normalized spacial score (nSPS) is 20.9. The van der Waals surface area contributed by atoms with Gasteiger partial charge in [0.1, 0.15) is 5.75 Å². The number of hydrogen-bond acceptors (Lipinski definition) is 5. The highest BCUT2D eigenvalue weighted by Gasteiger charge is 2.41. The van der Waals surface area contributed by atoms with Crippen LogP contribution in [0.25, 0.3) is 0 Å². The van der Waals surface area contributed by atoms with E-state index < -0.39 is 0 Å². The minimum atomic E-state index is -0.121. The molecule has 258 valence electrons. The molecule has 4 atom stereocenters. The fourth-order valence-corrected chi connectivity index (χ4v) is 8.70. The van der Waals surface area contributed by atoms with Gasteiger partial charge in [-0.15, -0.1) is 11.8 Å². The molecule has 0 bridgehead atoms. The molecule has 5 aromatic rings. The Hall–Kier alpha value is -3.87. The minimum Gasteiger partial charge on any atom is -0.490 e. The second-order valence-corrected chi connectivity index (χ2v) is 15.0. The molecule has 5 heteroatoms. The van der Waals surface area contributed by atoms with Crippen LogP contribution in [0.15, 0.2) is 140 Å². The summed E-state index contributed by atoms with van der Waals surface area (Å²) < 4.78 is 26.2. The number of benzene rings is 5. The van der Waals surface area contributed by atoms with Gasteiger partial charge in [0.05, 0.1) is 50.0 Å². The standard InChI is InChI=1S/C45H48O4S/c1-4-13-35(14-5-1)30-46-33-44-45(48-32-37-17-8-3-9-18-37)42(47-31-36-15-6-2-7-16-36)29-43(50-44)39-20-12-19-38(28-39)27-34-23-25-41(26-24-34)49-40-21-10-11-22-40/h1-9,12-20,23-26,28,40,42-45H,10-11,21-22,27,29-33H2/t42-,43-,44-,45+/m1/s1. The van der Waals surface area contributed by atoms with Gasteiger partial charge >= 0.3 is 0 Å². The van der Waals surface area contributed by atoms with Gasteiger partial charge in [-0.3, -0.25) is 0 Å². The highest BCUT2D eigenvalue weighted by Crippen LogP contribution is 2.45. The highest BCUT2D eigenvalue weighted by molar-refractivity contribution is 8.00. The van der Waals surface area contributed by atoms with Gasteiger partial charge in [-0.2, -0.15) is 0 Å². The van der Waals surface area contributed by atoms with E-state index in [1.807, 2.05) is 30.0 Å². The monoisotopic (exact) mass is 684 g/mol. The van der Waals surface area contributed by atoms with Crippen LogP contribution in [0.1, 0.15) is 70.7 Å². The van der Waals surface area contributed by atoms with Gasteiger partial charge in [0.25, 0.3) is 0 Å². The Morgan fingerprint density at radius 3 is 1.82 bits per heavy atom. The van der Waals surface area contributed by atoms with Gasteiger partial charge in [0.15, 0.2) is 0 Å². The molecule has 0 aromatic heterocycles. The molecule has 5 aromatic carbocycles. The molecule has 0 unspecified atom stereocenters. The molecule has 4 nitrogen and oxygen atoms in total. The summed E-state index contributed by atoms with van der Waals surface area (Å²) in [5.74, 6) is 0.985. The molecule has 0 N–H and O–H groups in total. The minimum absolute atomic E-state index is 0.0911. The van der Waals surface area contributed by atoms with Gasteiger partial charge in [-0.25, -0.2) is 0 Å². The van der Waals surface area contributed by atoms with Crippen molar-refractivity contribution >= 4 is 11.8 Å². The third kappa shape index (κ3) is 9.88. The van der Waals surface area contributed by atoms with Crippen molar-refractivity contribution in [1.29, 1.82) is 0 Å². The molecule has 2 fully saturated rings. The van der Waals surface area contributed by atoms with E-state index in [-0.39, 0.29) is 22.7 Å². The maximum Gasteiger partial charge on any atom is 0.119 e. The van der Waals surface area contributed by atoms with Crippen molar-refractivity contribution in [2.24, 2.45) is 0 Å². The molecule has 0 radical (unpaired) electrons.